The molecule has 1 aliphatic rings. The molecule has 0 unspecified atom stereocenters. The van der Waals surface area contributed by atoms with Gasteiger partial charge in [-0.15, -0.1) is 0 Å². The molecule has 0 aromatic heterocycles. The summed E-state index contributed by atoms with van der Waals surface area (Å²) in [6, 6.07) is 6.43. The molecule has 2 aromatic carbocycles. The number of hydrogen-bond donors (Lipinski definition) is 3. The summed E-state index contributed by atoms with van der Waals surface area (Å²) >= 11 is 0. The monoisotopic (exact) mass is 499 g/mol. The highest BCUT2D eigenvalue weighted by molar-refractivity contribution is 5.84. The maximum absolute atomic E-state index is 13.2. The predicted molar refractivity (Wildman–Crippen MR) is 136 cm³/mol. The van der Waals surface area contributed by atoms with Crippen LogP contribution < -0.4 is 35.6 Å². The molecule has 0 fully saturated rings. The molecule has 36 heavy (non-hydrogen) atoms. The molecule has 10 nitrogen and oxygen atoms in total. The summed E-state index contributed by atoms with van der Waals surface area (Å²) in [7, 11) is 6.19. The van der Waals surface area contributed by atoms with E-state index in [4.69, 9.17) is 18.9 Å². The molecule has 194 valence electrons. The van der Waals surface area contributed by atoms with E-state index in [0.29, 0.717) is 54.4 Å². The molecule has 0 saturated heterocycles. The van der Waals surface area contributed by atoms with Crippen LogP contribution in [0.2, 0.25) is 0 Å². The topological polar surface area (TPSA) is 124 Å². The third-order valence-corrected chi connectivity index (χ3v) is 5.98. The predicted octanol–water partition coefficient (Wildman–Crippen LogP) is 2.04. The molecule has 10 heteroatoms. The van der Waals surface area contributed by atoms with Crippen molar-refractivity contribution in [1.29, 1.82) is 0 Å². The average Bonchev–Trinajstić information content (AvgIpc) is 3.10. The molecule has 0 radical (unpaired) electrons. The van der Waals surface area contributed by atoms with Crippen LogP contribution in [0, 0.1) is 0 Å². The van der Waals surface area contributed by atoms with E-state index < -0.39 is 6.04 Å². The van der Waals surface area contributed by atoms with Crippen LogP contribution in [0.4, 0.5) is 5.69 Å². The van der Waals surface area contributed by atoms with Crippen LogP contribution in [-0.4, -0.2) is 59.9 Å². The summed E-state index contributed by atoms with van der Waals surface area (Å²) in [4.78, 5) is 37.3. The van der Waals surface area contributed by atoms with E-state index in [-0.39, 0.29) is 29.5 Å². The number of benzene rings is 1. The highest BCUT2D eigenvalue weighted by Crippen LogP contribution is 2.50. The van der Waals surface area contributed by atoms with Gasteiger partial charge in [-0.1, -0.05) is 6.07 Å². The minimum atomic E-state index is -0.406. The average molecular weight is 500 g/mol. The van der Waals surface area contributed by atoms with Crippen molar-refractivity contribution < 1.29 is 28.5 Å². The third kappa shape index (κ3) is 5.88. The zero-order chi connectivity index (χ0) is 26.2. The Morgan fingerprint density at radius 1 is 1.03 bits per heavy atom. The first-order valence-corrected chi connectivity index (χ1v) is 11.6. The quantitative estimate of drug-likeness (QED) is 0.424. The van der Waals surface area contributed by atoms with E-state index in [1.807, 2.05) is 6.07 Å². The van der Waals surface area contributed by atoms with Crippen LogP contribution >= 0.6 is 0 Å². The Hall–Kier alpha value is -3.79. The van der Waals surface area contributed by atoms with Gasteiger partial charge in [0.2, 0.25) is 23.0 Å². The van der Waals surface area contributed by atoms with Gasteiger partial charge in [0.25, 0.3) is 0 Å². The van der Waals surface area contributed by atoms with Crippen molar-refractivity contribution in [2.75, 3.05) is 53.5 Å². The number of hydrogen-bond acceptors (Lipinski definition) is 8. The van der Waals surface area contributed by atoms with E-state index in [1.165, 1.54) is 20.1 Å². The van der Waals surface area contributed by atoms with Crippen LogP contribution in [0.3, 0.4) is 0 Å². The van der Waals surface area contributed by atoms with Gasteiger partial charge < -0.3 is 34.9 Å². The van der Waals surface area contributed by atoms with Crippen LogP contribution in [-0.2, 0) is 20.7 Å². The molecule has 2 amide bonds. The van der Waals surface area contributed by atoms with Crippen molar-refractivity contribution in [1.82, 2.24) is 10.6 Å². The first-order valence-electron chi connectivity index (χ1n) is 11.6. The summed E-state index contributed by atoms with van der Waals surface area (Å²) in [6.45, 7) is 2.14. The Morgan fingerprint density at radius 2 is 1.78 bits per heavy atom. The Kier molecular flexibility index (Phi) is 9.13. The molecular weight excluding hydrogens is 466 g/mol. The second kappa shape index (κ2) is 12.3. The minimum Gasteiger partial charge on any atom is -0.493 e. The van der Waals surface area contributed by atoms with Crippen LogP contribution in [0.1, 0.15) is 30.5 Å². The number of nitrogens with one attached hydrogen (secondary N) is 3. The summed E-state index contributed by atoms with van der Waals surface area (Å²) in [5.74, 6) is 0.965. The minimum absolute atomic E-state index is 0.0757. The molecule has 0 heterocycles. The van der Waals surface area contributed by atoms with Gasteiger partial charge in [0, 0.05) is 26.1 Å². The molecule has 0 spiro atoms. The van der Waals surface area contributed by atoms with E-state index in [0.717, 1.165) is 11.1 Å². The number of methoxy groups -OCH3 is 4. The maximum atomic E-state index is 13.2. The first kappa shape index (κ1) is 26.8. The number of fused-ring (bicyclic) bond motifs is 3. The molecule has 0 saturated carbocycles. The van der Waals surface area contributed by atoms with Gasteiger partial charge in [-0.05, 0) is 47.7 Å². The number of carbonyl (C=O) groups excluding carboxylic acids is 2. The molecule has 2 aromatic rings. The summed E-state index contributed by atoms with van der Waals surface area (Å²) in [6.07, 6.45) is 1.17. The second-order valence-corrected chi connectivity index (χ2v) is 8.29. The van der Waals surface area contributed by atoms with Gasteiger partial charge in [0.1, 0.15) is 0 Å². The van der Waals surface area contributed by atoms with Crippen molar-refractivity contribution >= 4 is 17.5 Å². The van der Waals surface area contributed by atoms with Crippen molar-refractivity contribution in [3.63, 3.8) is 0 Å². The largest absolute Gasteiger partial charge is 0.493 e. The number of ether oxygens (including phenoxy) is 4. The SMILES string of the molecule is COCCNC(=O)CNc1ccc2c(cc1=O)[C@H](NC(C)=O)CCc1cc(OC)c(OC)c(OC)c1-2. The van der Waals surface area contributed by atoms with Gasteiger partial charge in [0.15, 0.2) is 11.5 Å². The van der Waals surface area contributed by atoms with E-state index in [2.05, 4.69) is 16.0 Å². The Labute approximate surface area is 210 Å². The standard InChI is InChI=1S/C26H33N3O7/c1-15(30)29-19-8-6-16-12-22(34-3)25(35-4)26(36-5)24(16)17-7-9-20(21(31)13-18(17)19)28-14-23(32)27-10-11-33-2/h7,9,12-13,19H,6,8,10-11,14H2,1-5H3,(H,27,32)(H,28,31)(H,29,30)/t19-/m1/s1. The van der Waals surface area contributed by atoms with Gasteiger partial charge in [-0.2, -0.15) is 0 Å². The highest BCUT2D eigenvalue weighted by Gasteiger charge is 2.29. The lowest BCUT2D eigenvalue weighted by Gasteiger charge is -2.19. The van der Waals surface area contributed by atoms with E-state index in [9.17, 15) is 14.4 Å². The zero-order valence-electron chi connectivity index (χ0n) is 21.3. The summed E-state index contributed by atoms with van der Waals surface area (Å²) in [5.41, 5.74) is 3.01. The lowest BCUT2D eigenvalue weighted by atomic mass is 9.95. The van der Waals surface area contributed by atoms with E-state index in [1.54, 1.807) is 33.5 Å². The summed E-state index contributed by atoms with van der Waals surface area (Å²) in [5, 5.41) is 8.59. The van der Waals surface area contributed by atoms with Crippen molar-refractivity contribution in [3.05, 3.63) is 45.6 Å². The molecule has 1 aliphatic carbocycles. The van der Waals surface area contributed by atoms with Gasteiger partial charge in [-0.3, -0.25) is 14.4 Å². The normalized spacial score (nSPS) is 14.0. The van der Waals surface area contributed by atoms with Crippen LogP contribution in [0.5, 0.6) is 17.2 Å². The number of anilines is 1. The number of amides is 2. The Morgan fingerprint density at radius 3 is 2.42 bits per heavy atom. The molecule has 0 aliphatic heterocycles. The second-order valence-electron chi connectivity index (χ2n) is 8.29. The highest BCUT2D eigenvalue weighted by atomic mass is 16.5. The molecule has 3 rings (SSSR count). The lowest BCUT2D eigenvalue weighted by molar-refractivity contribution is -0.120. The van der Waals surface area contributed by atoms with Crippen LogP contribution in [0.15, 0.2) is 29.1 Å². The fraction of sp³-hybridized carbons (Fsp3) is 0.423. The fourth-order valence-electron chi connectivity index (χ4n) is 4.38. The number of aryl methyl sites for hydroxylation is 1. The van der Waals surface area contributed by atoms with E-state index >= 15 is 0 Å². The Balaban J connectivity index is 2.14. The zero-order valence-corrected chi connectivity index (χ0v) is 21.3. The smallest absolute Gasteiger partial charge is 0.239 e. The third-order valence-electron chi connectivity index (χ3n) is 5.98. The molecule has 3 N–H and O–H groups in total. The van der Waals surface area contributed by atoms with Crippen LogP contribution in [0.25, 0.3) is 11.1 Å². The molecular formula is C26H33N3O7. The van der Waals surface area contributed by atoms with Crippen molar-refractivity contribution in [3.8, 4) is 28.4 Å². The van der Waals surface area contributed by atoms with Gasteiger partial charge in [0.05, 0.1) is 46.2 Å². The molecule has 0 bridgehead atoms. The van der Waals surface area contributed by atoms with Crippen molar-refractivity contribution in [2.45, 2.75) is 25.8 Å². The first-order chi connectivity index (χ1) is 17.3. The maximum Gasteiger partial charge on any atom is 0.239 e. The van der Waals surface area contributed by atoms with Gasteiger partial charge in [-0.25, -0.2) is 0 Å². The Bertz CT molecular complexity index is 1180. The fourth-order valence-corrected chi connectivity index (χ4v) is 4.38. The van der Waals surface area contributed by atoms with Crippen molar-refractivity contribution in [2.24, 2.45) is 0 Å². The summed E-state index contributed by atoms with van der Waals surface area (Å²) < 4.78 is 21.8. The number of rotatable bonds is 10. The number of carbonyl (C=O) groups is 2. The van der Waals surface area contributed by atoms with Gasteiger partial charge >= 0.3 is 0 Å². The lowest BCUT2D eigenvalue weighted by Crippen LogP contribution is -2.33. The molecule has 1 atom stereocenters.